The Labute approximate surface area is 123 Å². The molecule has 3 rings (SSSR count). The summed E-state index contributed by atoms with van der Waals surface area (Å²) in [6, 6.07) is 10.9. The summed E-state index contributed by atoms with van der Waals surface area (Å²) in [5.74, 6) is 0. The van der Waals surface area contributed by atoms with Crippen LogP contribution in [0.4, 0.5) is 0 Å². The summed E-state index contributed by atoms with van der Waals surface area (Å²) in [7, 11) is -1.29. The van der Waals surface area contributed by atoms with E-state index in [2.05, 4.69) is 14.7 Å². The molecule has 1 aromatic carbocycles. The minimum absolute atomic E-state index is 0.491. The maximum atomic E-state index is 12.1. The van der Waals surface area contributed by atoms with Crippen molar-refractivity contribution in [3.63, 3.8) is 0 Å². The lowest BCUT2D eigenvalue weighted by Gasteiger charge is -2.04. The van der Waals surface area contributed by atoms with Gasteiger partial charge in [-0.05, 0) is 35.9 Å². The van der Waals surface area contributed by atoms with Crippen LogP contribution in [0.1, 0.15) is 5.56 Å². The first kappa shape index (κ1) is 13.3. The van der Waals surface area contributed by atoms with Gasteiger partial charge >= 0.3 is 0 Å². The van der Waals surface area contributed by atoms with Gasteiger partial charge < -0.3 is 4.98 Å². The largest absolute Gasteiger partial charge is 0.346 e. The molecule has 0 saturated carbocycles. The number of fused-ring (bicyclic) bond motifs is 1. The average Bonchev–Trinajstić information content (AvgIpc) is 2.88. The van der Waals surface area contributed by atoms with Crippen LogP contribution in [0.25, 0.3) is 11.0 Å². The van der Waals surface area contributed by atoms with E-state index in [4.69, 9.17) is 11.6 Å². The molecule has 4 nitrogen and oxygen atoms in total. The summed E-state index contributed by atoms with van der Waals surface area (Å²) in [6.07, 6.45) is 3.61. The summed E-state index contributed by atoms with van der Waals surface area (Å²) in [4.78, 5) is 7.97. The molecule has 0 saturated heterocycles. The third-order valence-electron chi connectivity index (χ3n) is 2.94. The number of hydrogen-bond acceptors (Lipinski definition) is 2. The number of aromatic amines is 1. The van der Waals surface area contributed by atoms with Crippen molar-refractivity contribution in [3.8, 4) is 0 Å². The van der Waals surface area contributed by atoms with Crippen LogP contribution in [0.15, 0.2) is 53.7 Å². The Bertz CT molecular complexity index is 772. The van der Waals surface area contributed by atoms with Gasteiger partial charge in [0.15, 0.2) is 0 Å². The second-order valence-corrected chi connectivity index (χ2v) is 5.99. The van der Waals surface area contributed by atoms with Crippen LogP contribution in [-0.4, -0.2) is 14.2 Å². The molecule has 0 fully saturated rings. The highest BCUT2D eigenvalue weighted by Gasteiger charge is 2.07. The van der Waals surface area contributed by atoms with Crippen LogP contribution in [-0.2, 0) is 17.5 Å². The number of nitrogens with zero attached hydrogens (tertiary/aromatic N) is 1. The number of aromatic nitrogens is 2. The van der Waals surface area contributed by atoms with Gasteiger partial charge in [0.25, 0.3) is 0 Å². The fourth-order valence-electron chi connectivity index (χ4n) is 1.97. The van der Waals surface area contributed by atoms with E-state index >= 15 is 0 Å². The summed E-state index contributed by atoms with van der Waals surface area (Å²) in [5, 5.41) is 1.61. The highest BCUT2D eigenvalue weighted by Crippen LogP contribution is 2.17. The van der Waals surface area contributed by atoms with Gasteiger partial charge in [0, 0.05) is 29.3 Å². The molecular weight excluding hydrogens is 294 g/mol. The van der Waals surface area contributed by atoms with E-state index in [0.29, 0.717) is 16.5 Å². The lowest BCUT2D eigenvalue weighted by atomic mass is 10.2. The number of H-pyrrole nitrogens is 1. The van der Waals surface area contributed by atoms with Gasteiger partial charge in [-0.3, -0.25) is 0 Å². The van der Waals surface area contributed by atoms with Crippen molar-refractivity contribution in [2.75, 3.05) is 0 Å². The van der Waals surface area contributed by atoms with Crippen molar-refractivity contribution >= 4 is 33.6 Å². The first-order chi connectivity index (χ1) is 9.74. The number of rotatable bonds is 4. The molecular formula is C14H12ClN3OS. The van der Waals surface area contributed by atoms with Gasteiger partial charge in [-0.25, -0.2) is 13.9 Å². The Hall–Kier alpha value is -1.69. The number of pyridine rings is 1. The Morgan fingerprint density at radius 2 is 2.20 bits per heavy atom. The summed E-state index contributed by atoms with van der Waals surface area (Å²) < 4.78 is 15.1. The zero-order valence-corrected chi connectivity index (χ0v) is 12.0. The highest BCUT2D eigenvalue weighted by molar-refractivity contribution is 7.83. The fourth-order valence-corrected chi connectivity index (χ4v) is 3.11. The minimum Gasteiger partial charge on any atom is -0.346 e. The summed E-state index contributed by atoms with van der Waals surface area (Å²) in [6.45, 7) is 0.491. The minimum atomic E-state index is -1.29. The molecule has 0 aliphatic heterocycles. The third kappa shape index (κ3) is 2.75. The second kappa shape index (κ2) is 5.75. The van der Waals surface area contributed by atoms with Crippen LogP contribution in [0.2, 0.25) is 5.02 Å². The van der Waals surface area contributed by atoms with E-state index in [-0.39, 0.29) is 0 Å². The van der Waals surface area contributed by atoms with Crippen LogP contribution in [0.3, 0.4) is 0 Å². The van der Waals surface area contributed by atoms with Crippen LogP contribution >= 0.6 is 11.6 Å². The maximum Gasteiger partial charge on any atom is 0.137 e. The zero-order valence-electron chi connectivity index (χ0n) is 10.5. The van der Waals surface area contributed by atoms with Crippen LogP contribution in [0, 0.1) is 0 Å². The van der Waals surface area contributed by atoms with E-state index in [1.807, 2.05) is 18.3 Å². The lowest BCUT2D eigenvalue weighted by molar-refractivity contribution is 0.672. The maximum absolute atomic E-state index is 12.1. The molecule has 1 unspecified atom stereocenters. The molecule has 0 amide bonds. The predicted molar refractivity (Wildman–Crippen MR) is 80.8 cm³/mol. The Morgan fingerprint density at radius 3 is 3.05 bits per heavy atom. The predicted octanol–water partition coefficient (Wildman–Crippen LogP) is 3.03. The van der Waals surface area contributed by atoms with Crippen molar-refractivity contribution in [1.82, 2.24) is 14.7 Å². The van der Waals surface area contributed by atoms with Crippen molar-refractivity contribution in [2.24, 2.45) is 0 Å². The van der Waals surface area contributed by atoms with Crippen molar-refractivity contribution < 1.29 is 4.21 Å². The topological polar surface area (TPSA) is 57.8 Å². The van der Waals surface area contributed by atoms with Gasteiger partial charge in [0.2, 0.25) is 0 Å². The number of benzene rings is 1. The number of halogens is 1. The SMILES string of the molecule is O=S(NCc1c[nH]c2ncccc12)c1cccc(Cl)c1. The van der Waals surface area contributed by atoms with Crippen molar-refractivity contribution in [2.45, 2.75) is 11.4 Å². The molecule has 20 heavy (non-hydrogen) atoms. The molecule has 0 radical (unpaired) electrons. The smallest absolute Gasteiger partial charge is 0.137 e. The van der Waals surface area contributed by atoms with E-state index < -0.39 is 11.0 Å². The molecule has 2 heterocycles. The molecule has 0 aliphatic rings. The highest BCUT2D eigenvalue weighted by atomic mass is 35.5. The van der Waals surface area contributed by atoms with Crippen LogP contribution < -0.4 is 4.72 Å². The van der Waals surface area contributed by atoms with Crippen LogP contribution in [0.5, 0.6) is 0 Å². The first-order valence-electron chi connectivity index (χ1n) is 6.06. The summed E-state index contributed by atoms with van der Waals surface area (Å²) >= 11 is 5.89. The lowest BCUT2D eigenvalue weighted by Crippen LogP contribution is -2.16. The van der Waals surface area contributed by atoms with Gasteiger partial charge in [0.05, 0.1) is 4.90 Å². The summed E-state index contributed by atoms with van der Waals surface area (Å²) in [5.41, 5.74) is 1.86. The fraction of sp³-hybridized carbons (Fsp3) is 0.0714. The van der Waals surface area contributed by atoms with E-state index in [0.717, 1.165) is 16.6 Å². The monoisotopic (exact) mass is 305 g/mol. The third-order valence-corrected chi connectivity index (χ3v) is 4.26. The molecule has 6 heteroatoms. The molecule has 0 bridgehead atoms. The van der Waals surface area contributed by atoms with E-state index in [1.165, 1.54) is 0 Å². The Kier molecular flexibility index (Phi) is 3.82. The van der Waals surface area contributed by atoms with Crippen molar-refractivity contribution in [1.29, 1.82) is 0 Å². The molecule has 0 spiro atoms. The standard InChI is InChI=1S/C14H12ClN3OS/c15-11-3-1-4-12(7-11)20(19)18-9-10-8-17-14-13(10)5-2-6-16-14/h1-8,18H,9H2,(H,16,17). The quantitative estimate of drug-likeness (QED) is 0.778. The molecule has 3 aromatic rings. The van der Waals surface area contributed by atoms with Gasteiger partial charge in [-0.2, -0.15) is 0 Å². The molecule has 102 valence electrons. The molecule has 2 aromatic heterocycles. The Morgan fingerprint density at radius 1 is 1.30 bits per heavy atom. The first-order valence-corrected chi connectivity index (χ1v) is 7.58. The number of hydrogen-bond donors (Lipinski definition) is 2. The second-order valence-electron chi connectivity index (χ2n) is 4.26. The zero-order chi connectivity index (χ0) is 13.9. The van der Waals surface area contributed by atoms with E-state index in [1.54, 1.807) is 30.5 Å². The van der Waals surface area contributed by atoms with Gasteiger partial charge in [0.1, 0.15) is 16.6 Å². The average molecular weight is 306 g/mol. The normalized spacial score (nSPS) is 12.7. The van der Waals surface area contributed by atoms with Crippen molar-refractivity contribution in [3.05, 3.63) is 59.4 Å². The molecule has 1 atom stereocenters. The Balaban J connectivity index is 1.75. The molecule has 2 N–H and O–H groups in total. The molecule has 0 aliphatic carbocycles. The van der Waals surface area contributed by atoms with Gasteiger partial charge in [-0.1, -0.05) is 17.7 Å². The van der Waals surface area contributed by atoms with Gasteiger partial charge in [-0.15, -0.1) is 0 Å². The van der Waals surface area contributed by atoms with E-state index in [9.17, 15) is 4.21 Å². The number of nitrogens with one attached hydrogen (secondary N) is 2.